The van der Waals surface area contributed by atoms with Gasteiger partial charge in [0.2, 0.25) is 17.7 Å². The van der Waals surface area contributed by atoms with Crippen LogP contribution in [0, 0.1) is 24.0 Å². The second-order valence-electron chi connectivity index (χ2n) is 21.6. The van der Waals surface area contributed by atoms with Gasteiger partial charge in [0.1, 0.15) is 42.1 Å². The molecular formula is C58H60F2N10O8. The number of amides is 6. The van der Waals surface area contributed by atoms with Crippen molar-refractivity contribution in [3.63, 3.8) is 0 Å². The number of benzene rings is 3. The number of aromatic nitrogens is 3. The van der Waals surface area contributed by atoms with Gasteiger partial charge in [-0.1, -0.05) is 61.6 Å². The second kappa shape index (κ2) is 21.5. The smallest absolute Gasteiger partial charge is 0.409 e. The summed E-state index contributed by atoms with van der Waals surface area (Å²) in [7, 11) is 1.72. The van der Waals surface area contributed by atoms with E-state index in [-0.39, 0.29) is 90.4 Å². The minimum atomic E-state index is -1.07. The first kappa shape index (κ1) is 52.2. The number of imide groups is 2. The van der Waals surface area contributed by atoms with Crippen LogP contribution in [-0.4, -0.2) is 141 Å². The third-order valence-electron chi connectivity index (χ3n) is 16.3. The topological polar surface area (TPSA) is 209 Å². The number of nitrogens with zero attached hydrogens (tertiary/aromatic N) is 7. The lowest BCUT2D eigenvalue weighted by atomic mass is 9.94. The van der Waals surface area contributed by atoms with E-state index < -0.39 is 52.9 Å². The molecule has 5 atom stereocenters. The number of piperidine rings is 1. The first-order valence-electron chi connectivity index (χ1n) is 26.8. The predicted molar refractivity (Wildman–Crippen MR) is 285 cm³/mol. The zero-order chi connectivity index (χ0) is 54.4. The SMILES string of the molecule is C#Cc1c(F)ccc2cccc(-c3ncc4c(N5CC6CCC(C5)N6)nc(OCC56CCC(COC(=O)N(C)CCCCCCCC(=O)Nc7ccc8c(c7)C(=O)N(C7CCC(=O)NC7=O)C8=O)N5CC(=C)C6)nc4c3F)c12. The van der Waals surface area contributed by atoms with Gasteiger partial charge in [-0.05, 0) is 81.0 Å². The monoisotopic (exact) mass is 1060 g/mol. The normalized spacial score (nSPS) is 22.7. The van der Waals surface area contributed by atoms with Gasteiger partial charge in [-0.2, -0.15) is 9.97 Å². The van der Waals surface area contributed by atoms with Gasteiger partial charge in [-0.3, -0.25) is 44.1 Å². The number of hydrogen-bond acceptors (Lipinski definition) is 14. The molecule has 6 amide bonds. The van der Waals surface area contributed by atoms with Gasteiger partial charge in [0.15, 0.2) is 5.82 Å². The molecule has 6 aliphatic heterocycles. The summed E-state index contributed by atoms with van der Waals surface area (Å²) in [6.45, 7) is 7.16. The molecule has 2 bridgehead atoms. The number of halogens is 2. The van der Waals surface area contributed by atoms with Crippen molar-refractivity contribution >= 4 is 68.8 Å². The lowest BCUT2D eigenvalue weighted by molar-refractivity contribution is -0.136. The van der Waals surface area contributed by atoms with Gasteiger partial charge in [0.25, 0.3) is 11.8 Å². The van der Waals surface area contributed by atoms with Crippen LogP contribution >= 0.6 is 0 Å². The van der Waals surface area contributed by atoms with E-state index in [1.807, 2.05) is 0 Å². The molecule has 0 aliphatic carbocycles. The Morgan fingerprint density at radius 1 is 0.949 bits per heavy atom. The number of pyridine rings is 1. The third kappa shape index (κ3) is 10.0. The number of unbranched alkanes of at least 4 members (excludes halogenated alkanes) is 4. The summed E-state index contributed by atoms with van der Waals surface area (Å²) in [4.78, 5) is 97.5. The highest BCUT2D eigenvalue weighted by molar-refractivity contribution is 6.24. The van der Waals surface area contributed by atoms with Crippen molar-refractivity contribution in [2.24, 2.45) is 0 Å². The molecule has 6 aliphatic rings. The summed E-state index contributed by atoms with van der Waals surface area (Å²) in [5, 5.41) is 10.1. The number of carbonyl (C=O) groups is 6. The molecule has 18 nitrogen and oxygen atoms in total. The Morgan fingerprint density at radius 3 is 2.53 bits per heavy atom. The molecule has 11 rings (SSSR count). The molecule has 0 radical (unpaired) electrons. The van der Waals surface area contributed by atoms with E-state index in [1.165, 1.54) is 18.2 Å². The summed E-state index contributed by atoms with van der Waals surface area (Å²) in [6.07, 6.45) is 15.4. The van der Waals surface area contributed by atoms with Crippen molar-refractivity contribution in [2.75, 3.05) is 56.7 Å². The Bertz CT molecular complexity index is 3350. The minimum absolute atomic E-state index is 0.0146. The van der Waals surface area contributed by atoms with Crippen LogP contribution in [-0.2, 0) is 19.1 Å². The van der Waals surface area contributed by atoms with Crippen LogP contribution in [0.1, 0.15) is 110 Å². The molecular weight excluding hydrogens is 1000 g/mol. The van der Waals surface area contributed by atoms with Crippen LogP contribution in [0.15, 0.2) is 66.9 Å². The van der Waals surface area contributed by atoms with Gasteiger partial charge in [0, 0.05) is 87.0 Å². The molecule has 2 aromatic heterocycles. The van der Waals surface area contributed by atoms with E-state index in [0.717, 1.165) is 61.8 Å². The zero-order valence-corrected chi connectivity index (χ0v) is 43.4. The second-order valence-corrected chi connectivity index (χ2v) is 21.6. The zero-order valence-electron chi connectivity index (χ0n) is 43.4. The van der Waals surface area contributed by atoms with E-state index in [4.69, 9.17) is 25.9 Å². The van der Waals surface area contributed by atoms with Gasteiger partial charge in [0.05, 0.1) is 27.6 Å². The molecule has 20 heteroatoms. The number of terminal acetylenes is 1. The van der Waals surface area contributed by atoms with Crippen molar-refractivity contribution in [1.82, 2.24) is 40.3 Å². The highest BCUT2D eigenvalue weighted by Gasteiger charge is 2.52. The molecule has 5 fully saturated rings. The Morgan fingerprint density at radius 2 is 1.73 bits per heavy atom. The van der Waals surface area contributed by atoms with Gasteiger partial charge >= 0.3 is 12.1 Å². The summed E-state index contributed by atoms with van der Waals surface area (Å²) in [5.41, 5.74) is 1.53. The van der Waals surface area contributed by atoms with Crippen LogP contribution < -0.4 is 25.6 Å². The van der Waals surface area contributed by atoms with Crippen LogP contribution in [0.2, 0.25) is 0 Å². The largest absolute Gasteiger partial charge is 0.461 e. The van der Waals surface area contributed by atoms with Crippen molar-refractivity contribution < 1.29 is 47.0 Å². The quantitative estimate of drug-likeness (QED) is 0.0370. The Kier molecular flexibility index (Phi) is 14.4. The molecule has 3 N–H and O–H groups in total. The van der Waals surface area contributed by atoms with E-state index >= 15 is 8.78 Å². The minimum Gasteiger partial charge on any atom is -0.461 e. The molecule has 0 saturated carbocycles. The highest BCUT2D eigenvalue weighted by atomic mass is 19.1. The molecule has 5 saturated heterocycles. The first-order chi connectivity index (χ1) is 37.7. The average Bonchev–Trinajstić information content (AvgIpc) is 4.31. The maximum Gasteiger partial charge on any atom is 0.409 e. The Labute approximate surface area is 449 Å². The number of rotatable bonds is 17. The van der Waals surface area contributed by atoms with Gasteiger partial charge < -0.3 is 29.9 Å². The van der Waals surface area contributed by atoms with Crippen molar-refractivity contribution in [3.8, 4) is 29.6 Å². The number of anilines is 2. The van der Waals surface area contributed by atoms with Crippen molar-refractivity contribution in [3.05, 3.63) is 95.2 Å². The Balaban J connectivity index is 0.667. The Hall–Kier alpha value is -7.89. The molecule has 3 aromatic carbocycles. The molecule has 404 valence electrons. The summed E-state index contributed by atoms with van der Waals surface area (Å²) < 4.78 is 44.7. The summed E-state index contributed by atoms with van der Waals surface area (Å²) in [5.74, 6) is -0.939. The maximum atomic E-state index is 17.2. The lowest BCUT2D eigenvalue weighted by Crippen LogP contribution is -2.54. The molecule has 0 spiro atoms. The van der Waals surface area contributed by atoms with Gasteiger partial charge in [-0.25, -0.2) is 13.6 Å². The van der Waals surface area contributed by atoms with E-state index in [0.29, 0.717) is 72.2 Å². The summed E-state index contributed by atoms with van der Waals surface area (Å²) in [6, 6.07) is 12.0. The molecule has 78 heavy (non-hydrogen) atoms. The van der Waals surface area contributed by atoms with Crippen LogP contribution in [0.25, 0.3) is 32.9 Å². The average molecular weight is 1060 g/mol. The van der Waals surface area contributed by atoms with E-state index in [1.54, 1.807) is 48.5 Å². The third-order valence-corrected chi connectivity index (χ3v) is 16.3. The molecule has 8 heterocycles. The van der Waals surface area contributed by atoms with Crippen molar-refractivity contribution in [1.29, 1.82) is 0 Å². The lowest BCUT2D eigenvalue weighted by Gasteiger charge is -2.35. The number of piperazine rings is 1. The van der Waals surface area contributed by atoms with Gasteiger partial charge in [-0.15, -0.1) is 6.42 Å². The fraction of sp³-hybridized carbons (Fsp3) is 0.431. The number of fused-ring (bicyclic) bond motifs is 6. The summed E-state index contributed by atoms with van der Waals surface area (Å²) >= 11 is 0. The maximum absolute atomic E-state index is 17.2. The number of nitrogens with one attached hydrogen (secondary N) is 3. The van der Waals surface area contributed by atoms with E-state index in [2.05, 4.69) is 43.2 Å². The standard InChI is InChI=1S/C58H60F2N10O8/c1-4-39-44(59)19-14-34-11-10-12-41(48(34)39)50-49(60)51-43(27-61-50)52(68-29-36-15-16-37(30-68)62-36)66-56(65-51)78-32-58-23-22-38(69(58)28-33(2)26-58)31-77-57(76)67(3)24-9-7-5-6-8-13-46(71)63-35-17-18-40-42(25-35)55(75)70(54(40)74)45-20-21-47(72)64-53(45)73/h1,10-12,14,17-19,25,27,36-38,45,62H,2,5-9,13,15-16,20-24,26,28-32H2,3H3,(H,63,71)(H,64,72,73). The van der Waals surface area contributed by atoms with Crippen LogP contribution in [0.4, 0.5) is 25.1 Å². The molecule has 5 unspecified atom stereocenters. The predicted octanol–water partition coefficient (Wildman–Crippen LogP) is 7.04. The number of carbonyl (C=O) groups excluding carboxylic acids is 6. The van der Waals surface area contributed by atoms with E-state index in [9.17, 15) is 28.8 Å². The highest BCUT2D eigenvalue weighted by Crippen LogP contribution is 2.45. The molecule has 5 aromatic rings. The number of ether oxygens (including phenoxy) is 2. The van der Waals surface area contributed by atoms with Crippen LogP contribution in [0.5, 0.6) is 6.01 Å². The fourth-order valence-electron chi connectivity index (χ4n) is 12.4. The van der Waals surface area contributed by atoms with Crippen molar-refractivity contribution in [2.45, 2.75) is 113 Å². The fourth-order valence-corrected chi connectivity index (χ4v) is 12.4. The first-order valence-corrected chi connectivity index (χ1v) is 26.8. The van der Waals surface area contributed by atoms with Crippen LogP contribution in [0.3, 0.4) is 0 Å². The number of hydrogen-bond donors (Lipinski definition) is 3.